The third-order valence-corrected chi connectivity index (χ3v) is 10.1. The van der Waals surface area contributed by atoms with Crippen molar-refractivity contribution in [1.29, 1.82) is 0 Å². The van der Waals surface area contributed by atoms with Gasteiger partial charge in [-0.2, -0.15) is 0 Å². The SMILES string of the molecule is C[C@H](/C=C/[C@@H](C)C(C)(C)O)[C@H]1CC[C@H]2C3=CC=C4C[C@@H](O)CC[C@@]4(C)[C@@H]3CC[C@]12C. The molecule has 4 aliphatic carbocycles. The molecule has 0 bridgehead atoms. The molecule has 2 nitrogen and oxygen atoms in total. The summed E-state index contributed by atoms with van der Waals surface area (Å²) in [7, 11) is 0. The average molecular weight is 413 g/mol. The number of aliphatic hydroxyl groups is 2. The zero-order valence-electron chi connectivity index (χ0n) is 20.1. The highest BCUT2D eigenvalue weighted by atomic mass is 16.3. The Hall–Kier alpha value is -0.860. The first kappa shape index (κ1) is 22.3. The highest BCUT2D eigenvalue weighted by molar-refractivity contribution is 5.39. The fraction of sp³-hybridized carbons (Fsp3) is 0.786. The summed E-state index contributed by atoms with van der Waals surface area (Å²) >= 11 is 0. The molecule has 0 aromatic rings. The van der Waals surface area contributed by atoms with E-state index in [0.29, 0.717) is 23.2 Å². The first-order valence-corrected chi connectivity index (χ1v) is 12.5. The quantitative estimate of drug-likeness (QED) is 0.521. The van der Waals surface area contributed by atoms with Gasteiger partial charge in [0.25, 0.3) is 0 Å². The van der Waals surface area contributed by atoms with Crippen molar-refractivity contribution in [3.8, 4) is 0 Å². The topological polar surface area (TPSA) is 40.5 Å². The maximum atomic E-state index is 10.3. The number of aliphatic hydroxyl groups excluding tert-OH is 1. The van der Waals surface area contributed by atoms with Crippen LogP contribution >= 0.6 is 0 Å². The van der Waals surface area contributed by atoms with E-state index in [-0.39, 0.29) is 17.4 Å². The summed E-state index contributed by atoms with van der Waals surface area (Å²) in [4.78, 5) is 0. The number of hydrogen-bond donors (Lipinski definition) is 2. The minimum Gasteiger partial charge on any atom is -0.393 e. The van der Waals surface area contributed by atoms with E-state index in [9.17, 15) is 10.2 Å². The van der Waals surface area contributed by atoms with Crippen molar-refractivity contribution < 1.29 is 10.2 Å². The Kier molecular flexibility index (Phi) is 5.68. The summed E-state index contributed by atoms with van der Waals surface area (Å²) in [5.41, 5.74) is 3.24. The van der Waals surface area contributed by atoms with E-state index in [1.165, 1.54) is 31.3 Å². The predicted octanol–water partition coefficient (Wildman–Crippen LogP) is 6.45. The van der Waals surface area contributed by atoms with Gasteiger partial charge in [0, 0.05) is 5.92 Å². The number of allylic oxidation sites excluding steroid dienone is 4. The Bertz CT molecular complexity index is 753. The molecule has 0 aromatic carbocycles. The van der Waals surface area contributed by atoms with Crippen molar-refractivity contribution in [2.75, 3.05) is 0 Å². The lowest BCUT2D eigenvalue weighted by molar-refractivity contribution is 0.0370. The van der Waals surface area contributed by atoms with Gasteiger partial charge in [-0.05, 0) is 93.3 Å². The van der Waals surface area contributed by atoms with Gasteiger partial charge in [0.15, 0.2) is 0 Å². The second-order valence-electron chi connectivity index (χ2n) is 12.2. The van der Waals surface area contributed by atoms with Gasteiger partial charge in [0.05, 0.1) is 11.7 Å². The van der Waals surface area contributed by atoms with Crippen LogP contribution in [-0.4, -0.2) is 21.9 Å². The van der Waals surface area contributed by atoms with E-state index < -0.39 is 5.60 Å². The van der Waals surface area contributed by atoms with Gasteiger partial charge < -0.3 is 10.2 Å². The van der Waals surface area contributed by atoms with Crippen molar-refractivity contribution in [3.63, 3.8) is 0 Å². The third-order valence-electron chi connectivity index (χ3n) is 10.1. The zero-order valence-corrected chi connectivity index (χ0v) is 20.1. The second-order valence-corrected chi connectivity index (χ2v) is 12.2. The van der Waals surface area contributed by atoms with Gasteiger partial charge in [0.2, 0.25) is 0 Å². The maximum Gasteiger partial charge on any atom is 0.0651 e. The number of hydrogen-bond acceptors (Lipinski definition) is 2. The molecule has 3 saturated carbocycles. The smallest absolute Gasteiger partial charge is 0.0651 e. The van der Waals surface area contributed by atoms with Gasteiger partial charge in [-0.3, -0.25) is 0 Å². The normalized spacial score (nSPS) is 43.3. The molecular weight excluding hydrogens is 368 g/mol. The summed E-state index contributed by atoms with van der Waals surface area (Å²) in [6.07, 6.45) is 17.6. The van der Waals surface area contributed by atoms with Crippen LogP contribution in [0.2, 0.25) is 0 Å². The molecule has 0 spiro atoms. The Balaban J connectivity index is 1.56. The standard InChI is InChI=1S/C28H44O2/c1-18(7-8-19(2)26(3,4)30)23-11-12-24-22-10-9-20-17-21(29)13-15-27(20,5)25(22)14-16-28(23,24)6/h7-10,18-19,21,23-25,29-30H,11-17H2,1-6H3/b8-7+/t18-,19-,21+,23-,24+,25-,27-,28-/m1/s1. The van der Waals surface area contributed by atoms with E-state index in [2.05, 4.69) is 52.0 Å². The molecule has 0 unspecified atom stereocenters. The van der Waals surface area contributed by atoms with Crippen molar-refractivity contribution in [2.24, 2.45) is 40.4 Å². The largest absolute Gasteiger partial charge is 0.393 e. The third kappa shape index (κ3) is 3.56. The van der Waals surface area contributed by atoms with Crippen molar-refractivity contribution in [1.82, 2.24) is 0 Å². The Morgan fingerprint density at radius 2 is 1.73 bits per heavy atom. The molecule has 0 amide bonds. The summed E-state index contributed by atoms with van der Waals surface area (Å²) in [6, 6.07) is 0. The van der Waals surface area contributed by atoms with Crippen LogP contribution in [0.4, 0.5) is 0 Å². The molecule has 2 N–H and O–H groups in total. The monoisotopic (exact) mass is 412 g/mol. The van der Waals surface area contributed by atoms with E-state index in [1.807, 2.05) is 13.8 Å². The molecule has 0 aliphatic heterocycles. The molecular formula is C28H44O2. The average Bonchev–Trinajstić information content (AvgIpc) is 3.03. The van der Waals surface area contributed by atoms with Crippen LogP contribution in [0.5, 0.6) is 0 Å². The molecule has 8 atom stereocenters. The van der Waals surface area contributed by atoms with E-state index in [4.69, 9.17) is 0 Å². The van der Waals surface area contributed by atoms with Crippen LogP contribution in [-0.2, 0) is 0 Å². The number of rotatable bonds is 4. The lowest BCUT2D eigenvalue weighted by atomic mass is 9.50. The molecule has 4 rings (SSSR count). The maximum absolute atomic E-state index is 10.3. The molecule has 0 saturated heterocycles. The lowest BCUT2D eigenvalue weighted by Gasteiger charge is -2.55. The van der Waals surface area contributed by atoms with Crippen LogP contribution in [0.1, 0.15) is 86.5 Å². The Morgan fingerprint density at radius 3 is 2.43 bits per heavy atom. The van der Waals surface area contributed by atoms with Crippen molar-refractivity contribution in [2.45, 2.75) is 98.2 Å². The van der Waals surface area contributed by atoms with Crippen molar-refractivity contribution in [3.05, 3.63) is 35.5 Å². The van der Waals surface area contributed by atoms with Crippen LogP contribution in [0.3, 0.4) is 0 Å². The summed E-state index contributed by atoms with van der Waals surface area (Å²) in [6.45, 7) is 13.4. The van der Waals surface area contributed by atoms with Crippen molar-refractivity contribution >= 4 is 0 Å². The van der Waals surface area contributed by atoms with Gasteiger partial charge in [-0.15, -0.1) is 0 Å². The molecule has 0 aromatic heterocycles. The molecule has 3 fully saturated rings. The molecule has 30 heavy (non-hydrogen) atoms. The van der Waals surface area contributed by atoms with Crippen LogP contribution in [0.15, 0.2) is 35.5 Å². The van der Waals surface area contributed by atoms with Gasteiger partial charge in [0.1, 0.15) is 0 Å². The fourth-order valence-electron chi connectivity index (χ4n) is 7.60. The highest BCUT2D eigenvalue weighted by Gasteiger charge is 2.56. The summed E-state index contributed by atoms with van der Waals surface area (Å²) < 4.78 is 0. The van der Waals surface area contributed by atoms with Crippen LogP contribution in [0, 0.1) is 40.4 Å². The molecule has 2 heteroatoms. The van der Waals surface area contributed by atoms with Crippen LogP contribution < -0.4 is 0 Å². The molecule has 4 aliphatic rings. The second kappa shape index (κ2) is 7.62. The van der Waals surface area contributed by atoms with Gasteiger partial charge >= 0.3 is 0 Å². The first-order chi connectivity index (χ1) is 14.0. The van der Waals surface area contributed by atoms with Gasteiger partial charge in [-0.1, -0.05) is 63.1 Å². The molecule has 0 heterocycles. The van der Waals surface area contributed by atoms with Crippen LogP contribution in [0.25, 0.3) is 0 Å². The van der Waals surface area contributed by atoms with E-state index in [0.717, 1.165) is 25.2 Å². The van der Waals surface area contributed by atoms with E-state index in [1.54, 1.807) is 5.57 Å². The zero-order chi connectivity index (χ0) is 21.9. The first-order valence-electron chi connectivity index (χ1n) is 12.5. The van der Waals surface area contributed by atoms with E-state index >= 15 is 0 Å². The lowest BCUT2D eigenvalue weighted by Crippen LogP contribution is -2.46. The Labute approximate surface area is 184 Å². The summed E-state index contributed by atoms with van der Waals surface area (Å²) in [5, 5.41) is 20.5. The molecule has 0 radical (unpaired) electrons. The highest BCUT2D eigenvalue weighted by Crippen LogP contribution is 2.65. The fourth-order valence-corrected chi connectivity index (χ4v) is 7.60. The Morgan fingerprint density at radius 1 is 1.00 bits per heavy atom. The summed E-state index contributed by atoms with van der Waals surface area (Å²) in [5.74, 6) is 2.85. The predicted molar refractivity (Wildman–Crippen MR) is 125 cm³/mol. The minimum atomic E-state index is -0.656. The molecule has 168 valence electrons. The van der Waals surface area contributed by atoms with Gasteiger partial charge in [-0.25, -0.2) is 0 Å². The minimum absolute atomic E-state index is 0.136. The number of fused-ring (bicyclic) bond motifs is 5.